The minimum absolute atomic E-state index is 0.00111. The molecule has 2 aromatic rings. The Morgan fingerprint density at radius 1 is 1.32 bits per heavy atom. The zero-order chi connectivity index (χ0) is 13.5. The first kappa shape index (κ1) is 11.5. The highest BCUT2D eigenvalue weighted by atomic mass is 19.3. The van der Waals surface area contributed by atoms with Gasteiger partial charge in [0.1, 0.15) is 0 Å². The normalized spacial score (nSPS) is 15.5. The molecule has 0 saturated carbocycles. The van der Waals surface area contributed by atoms with E-state index in [0.29, 0.717) is 18.1 Å². The lowest BCUT2D eigenvalue weighted by atomic mass is 10.2. The second-order valence-electron chi connectivity index (χ2n) is 3.85. The number of hydrogen-bond acceptors (Lipinski definition) is 6. The summed E-state index contributed by atoms with van der Waals surface area (Å²) in [6.07, 6.45) is -3.60. The molecule has 2 heterocycles. The number of alkyl halides is 2. The molecular weight excluding hydrogens is 260 g/mol. The quantitative estimate of drug-likeness (QED) is 0.777. The number of nitrogen functional groups attached to an aromatic ring is 1. The summed E-state index contributed by atoms with van der Waals surface area (Å²) in [5, 5.41) is 9.12. The van der Waals surface area contributed by atoms with Gasteiger partial charge in [-0.15, -0.1) is 13.9 Å². The molecule has 1 aromatic carbocycles. The van der Waals surface area contributed by atoms with Crippen LogP contribution in [0, 0.1) is 0 Å². The lowest BCUT2D eigenvalue weighted by Crippen LogP contribution is -2.25. The molecule has 9 heteroatoms. The highest BCUT2D eigenvalue weighted by Gasteiger charge is 2.43. The van der Waals surface area contributed by atoms with Crippen LogP contribution in [0.2, 0.25) is 0 Å². The van der Waals surface area contributed by atoms with Crippen LogP contribution in [0.1, 0.15) is 5.56 Å². The maximum absolute atomic E-state index is 12.8. The van der Waals surface area contributed by atoms with Crippen molar-refractivity contribution in [1.29, 1.82) is 0 Å². The summed E-state index contributed by atoms with van der Waals surface area (Å²) in [6, 6.07) is 4.51. The predicted octanol–water partition coefficient (Wildman–Crippen LogP) is 1.32. The number of nitrogens with one attached hydrogen (secondary N) is 2. The van der Waals surface area contributed by atoms with Crippen LogP contribution in [0.25, 0.3) is 0 Å². The number of aromatic nitrogens is 3. The highest BCUT2D eigenvalue weighted by Crippen LogP contribution is 2.41. The third-order valence-electron chi connectivity index (χ3n) is 2.42. The largest absolute Gasteiger partial charge is 0.586 e. The molecule has 1 aliphatic rings. The molecule has 0 spiro atoms. The first-order valence-corrected chi connectivity index (χ1v) is 5.32. The van der Waals surface area contributed by atoms with Crippen LogP contribution < -0.4 is 20.5 Å². The molecule has 100 valence electrons. The Kier molecular flexibility index (Phi) is 2.40. The monoisotopic (exact) mass is 269 g/mol. The molecule has 19 heavy (non-hydrogen) atoms. The minimum atomic E-state index is -3.60. The maximum Gasteiger partial charge on any atom is 0.586 e. The topological polar surface area (TPSA) is 98.1 Å². The first-order valence-electron chi connectivity index (χ1n) is 5.32. The second-order valence-corrected chi connectivity index (χ2v) is 3.85. The molecule has 0 aliphatic carbocycles. The van der Waals surface area contributed by atoms with Gasteiger partial charge in [0.15, 0.2) is 11.5 Å². The van der Waals surface area contributed by atoms with E-state index in [2.05, 4.69) is 30.0 Å². The molecule has 4 N–H and O–H groups in total. The summed E-state index contributed by atoms with van der Waals surface area (Å²) < 4.78 is 34.3. The zero-order valence-electron chi connectivity index (χ0n) is 9.48. The van der Waals surface area contributed by atoms with Crippen LogP contribution >= 0.6 is 0 Å². The van der Waals surface area contributed by atoms with Crippen molar-refractivity contribution >= 4 is 11.9 Å². The van der Waals surface area contributed by atoms with Gasteiger partial charge < -0.3 is 20.5 Å². The number of rotatable bonds is 3. The van der Waals surface area contributed by atoms with Crippen molar-refractivity contribution in [1.82, 2.24) is 15.2 Å². The van der Waals surface area contributed by atoms with Crippen LogP contribution in [-0.4, -0.2) is 21.5 Å². The van der Waals surface area contributed by atoms with Crippen molar-refractivity contribution in [2.24, 2.45) is 0 Å². The number of anilines is 2. The van der Waals surface area contributed by atoms with Gasteiger partial charge in [0.25, 0.3) is 0 Å². The Balaban J connectivity index is 1.70. The van der Waals surface area contributed by atoms with Crippen molar-refractivity contribution in [2.45, 2.75) is 12.8 Å². The molecule has 0 radical (unpaired) electrons. The number of nitrogens with zero attached hydrogens (tertiary/aromatic N) is 2. The molecular formula is C10H9F2N5O2. The van der Waals surface area contributed by atoms with E-state index < -0.39 is 6.29 Å². The predicted molar refractivity (Wildman–Crippen MR) is 60.8 cm³/mol. The van der Waals surface area contributed by atoms with Crippen LogP contribution in [0.3, 0.4) is 0 Å². The molecule has 1 aromatic heterocycles. The van der Waals surface area contributed by atoms with Crippen LogP contribution in [-0.2, 0) is 6.54 Å². The highest BCUT2D eigenvalue weighted by molar-refractivity contribution is 5.46. The molecule has 0 amide bonds. The summed E-state index contributed by atoms with van der Waals surface area (Å²) in [5.74, 6) is 0.517. The van der Waals surface area contributed by atoms with Gasteiger partial charge in [-0.25, -0.2) is 5.10 Å². The average Bonchev–Trinajstić information content (AvgIpc) is 2.87. The molecule has 0 saturated heterocycles. The fraction of sp³-hybridized carbons (Fsp3) is 0.200. The standard InChI is InChI=1S/C10H9F2N5O2/c11-10(12)18-6-2-1-5(3-7(6)19-10)4-14-9-15-8(13)16-17-9/h1-3H,4H2,(H4,13,14,15,16,17). The number of halogens is 2. The van der Waals surface area contributed by atoms with E-state index in [0.717, 1.165) is 0 Å². The van der Waals surface area contributed by atoms with Gasteiger partial charge in [-0.3, -0.25) is 0 Å². The fourth-order valence-electron chi connectivity index (χ4n) is 1.64. The number of benzene rings is 1. The molecule has 0 fully saturated rings. The van der Waals surface area contributed by atoms with E-state index in [4.69, 9.17) is 5.73 Å². The smallest absolute Gasteiger partial charge is 0.395 e. The number of ether oxygens (including phenoxy) is 2. The van der Waals surface area contributed by atoms with Gasteiger partial charge in [0, 0.05) is 6.54 Å². The summed E-state index contributed by atoms with van der Waals surface area (Å²) in [7, 11) is 0. The summed E-state index contributed by atoms with van der Waals surface area (Å²) >= 11 is 0. The number of hydrogen-bond donors (Lipinski definition) is 3. The molecule has 3 rings (SSSR count). The SMILES string of the molecule is Nc1nc(NCc2ccc3c(c2)OC(F)(F)O3)n[nH]1. The van der Waals surface area contributed by atoms with Gasteiger partial charge in [0.2, 0.25) is 11.9 Å². The second kappa shape index (κ2) is 3.97. The molecule has 7 nitrogen and oxygen atoms in total. The van der Waals surface area contributed by atoms with Crippen molar-refractivity contribution in [3.05, 3.63) is 23.8 Å². The van der Waals surface area contributed by atoms with Crippen molar-refractivity contribution in [3.63, 3.8) is 0 Å². The Morgan fingerprint density at radius 2 is 2.11 bits per heavy atom. The molecule has 1 aliphatic heterocycles. The van der Waals surface area contributed by atoms with Crippen molar-refractivity contribution in [3.8, 4) is 11.5 Å². The van der Waals surface area contributed by atoms with Gasteiger partial charge in [0.05, 0.1) is 0 Å². The van der Waals surface area contributed by atoms with Crippen LogP contribution in [0.5, 0.6) is 11.5 Å². The zero-order valence-corrected chi connectivity index (χ0v) is 9.48. The lowest BCUT2D eigenvalue weighted by molar-refractivity contribution is -0.286. The van der Waals surface area contributed by atoms with Gasteiger partial charge >= 0.3 is 6.29 Å². The van der Waals surface area contributed by atoms with Gasteiger partial charge in [-0.05, 0) is 17.7 Å². The third kappa shape index (κ3) is 2.34. The van der Waals surface area contributed by atoms with E-state index in [1.54, 1.807) is 6.07 Å². The third-order valence-corrected chi connectivity index (χ3v) is 2.42. The lowest BCUT2D eigenvalue weighted by Gasteiger charge is -2.04. The Morgan fingerprint density at radius 3 is 2.84 bits per heavy atom. The fourth-order valence-corrected chi connectivity index (χ4v) is 1.64. The summed E-state index contributed by atoms with van der Waals surface area (Å²) in [4.78, 5) is 3.85. The first-order chi connectivity index (χ1) is 9.02. The Hall–Kier alpha value is -2.58. The van der Waals surface area contributed by atoms with Gasteiger partial charge in [-0.1, -0.05) is 6.07 Å². The Labute approximate surface area is 105 Å². The molecule has 0 bridgehead atoms. The number of fused-ring (bicyclic) bond motifs is 1. The van der Waals surface area contributed by atoms with E-state index in [1.807, 2.05) is 0 Å². The van der Waals surface area contributed by atoms with Crippen molar-refractivity contribution < 1.29 is 18.3 Å². The van der Waals surface area contributed by atoms with E-state index >= 15 is 0 Å². The van der Waals surface area contributed by atoms with E-state index in [-0.39, 0.29) is 17.4 Å². The van der Waals surface area contributed by atoms with Crippen molar-refractivity contribution in [2.75, 3.05) is 11.1 Å². The van der Waals surface area contributed by atoms with E-state index in [1.165, 1.54) is 12.1 Å². The number of aromatic amines is 1. The maximum atomic E-state index is 12.8. The number of nitrogens with two attached hydrogens (primary N) is 1. The Bertz CT molecular complexity index is 616. The van der Waals surface area contributed by atoms with Gasteiger partial charge in [-0.2, -0.15) is 4.98 Å². The van der Waals surface area contributed by atoms with Crippen LogP contribution in [0.4, 0.5) is 20.7 Å². The van der Waals surface area contributed by atoms with E-state index in [9.17, 15) is 8.78 Å². The molecule has 0 atom stereocenters. The summed E-state index contributed by atoms with van der Waals surface area (Å²) in [6.45, 7) is 0.333. The minimum Gasteiger partial charge on any atom is -0.395 e. The average molecular weight is 269 g/mol. The van der Waals surface area contributed by atoms with Crippen LogP contribution in [0.15, 0.2) is 18.2 Å². The number of H-pyrrole nitrogens is 1. The summed E-state index contributed by atoms with van der Waals surface area (Å²) in [5.41, 5.74) is 6.07. The molecule has 0 unspecified atom stereocenters.